The van der Waals surface area contributed by atoms with E-state index in [1.165, 1.54) is 32.3 Å². The molecule has 154 valence electrons. The standard InChI is InChI=1S/C17H17BrN4O5S2/c1-21-12-5-4-11(7-13(12)27-17(21)24)29(25,26)22-6-2-3-10(9-22)15(23)20-16-19-8-14(18)28-16/h4-5,7-8,10H,2-3,6,9H2,1H3,(H,19,20,23). The number of aryl methyl sites for hydroxylation is 1. The van der Waals surface area contributed by atoms with Crippen LogP contribution in [-0.4, -0.2) is 41.3 Å². The smallest absolute Gasteiger partial charge is 0.408 e. The summed E-state index contributed by atoms with van der Waals surface area (Å²) < 4.78 is 34.7. The molecule has 1 aliphatic heterocycles. The van der Waals surface area contributed by atoms with Gasteiger partial charge in [-0.15, -0.1) is 0 Å². The Morgan fingerprint density at radius 3 is 2.93 bits per heavy atom. The van der Waals surface area contributed by atoms with Gasteiger partial charge in [0.25, 0.3) is 0 Å². The molecule has 1 aromatic carbocycles. The number of thiazole rings is 1. The zero-order valence-corrected chi connectivity index (χ0v) is 18.5. The first-order chi connectivity index (χ1) is 13.8. The van der Waals surface area contributed by atoms with Gasteiger partial charge in [-0.25, -0.2) is 18.2 Å². The molecule has 1 amide bonds. The maximum atomic E-state index is 13.1. The molecule has 4 rings (SSSR count). The van der Waals surface area contributed by atoms with Gasteiger partial charge in [0.2, 0.25) is 15.9 Å². The van der Waals surface area contributed by atoms with Crippen LogP contribution >= 0.6 is 27.3 Å². The van der Waals surface area contributed by atoms with Crippen LogP contribution in [-0.2, 0) is 21.9 Å². The van der Waals surface area contributed by atoms with Crippen LogP contribution in [0, 0.1) is 5.92 Å². The van der Waals surface area contributed by atoms with Crippen LogP contribution in [0.1, 0.15) is 12.8 Å². The van der Waals surface area contributed by atoms with Gasteiger partial charge >= 0.3 is 5.76 Å². The molecule has 1 N–H and O–H groups in total. The number of benzene rings is 1. The Labute approximate surface area is 178 Å². The van der Waals surface area contributed by atoms with Gasteiger partial charge in [-0.2, -0.15) is 4.31 Å². The minimum absolute atomic E-state index is 0.0317. The highest BCUT2D eigenvalue weighted by molar-refractivity contribution is 9.11. The van der Waals surface area contributed by atoms with Gasteiger partial charge in [0, 0.05) is 26.2 Å². The van der Waals surface area contributed by atoms with Crippen molar-refractivity contribution in [3.05, 3.63) is 38.7 Å². The maximum Gasteiger partial charge on any atom is 0.419 e. The number of nitrogens with zero attached hydrogens (tertiary/aromatic N) is 3. The number of hydrogen-bond donors (Lipinski definition) is 1. The van der Waals surface area contributed by atoms with E-state index in [1.54, 1.807) is 19.3 Å². The molecule has 3 heterocycles. The Morgan fingerprint density at radius 2 is 2.21 bits per heavy atom. The molecule has 1 unspecified atom stereocenters. The molecule has 1 aliphatic rings. The number of carbonyl (C=O) groups is 1. The van der Waals surface area contributed by atoms with Crippen LogP contribution in [0.25, 0.3) is 11.1 Å². The van der Waals surface area contributed by atoms with E-state index in [0.717, 1.165) is 3.79 Å². The van der Waals surface area contributed by atoms with Crippen LogP contribution in [0.3, 0.4) is 0 Å². The molecule has 9 nitrogen and oxygen atoms in total. The third-order valence-electron chi connectivity index (χ3n) is 4.86. The van der Waals surface area contributed by atoms with Crippen molar-refractivity contribution >= 4 is 59.4 Å². The van der Waals surface area contributed by atoms with Gasteiger partial charge in [-0.1, -0.05) is 11.3 Å². The van der Waals surface area contributed by atoms with E-state index in [9.17, 15) is 18.0 Å². The summed E-state index contributed by atoms with van der Waals surface area (Å²) in [6.07, 6.45) is 2.76. The van der Waals surface area contributed by atoms with Crippen molar-refractivity contribution in [1.29, 1.82) is 0 Å². The average Bonchev–Trinajstić information content (AvgIpc) is 3.24. The number of sulfonamides is 1. The van der Waals surface area contributed by atoms with Crippen LogP contribution in [0.2, 0.25) is 0 Å². The first-order valence-corrected chi connectivity index (χ1v) is 11.8. The fraction of sp³-hybridized carbons (Fsp3) is 0.353. The zero-order valence-electron chi connectivity index (χ0n) is 15.3. The van der Waals surface area contributed by atoms with Crippen molar-refractivity contribution in [2.75, 3.05) is 18.4 Å². The minimum atomic E-state index is -3.83. The number of nitrogens with one attached hydrogen (secondary N) is 1. The fourth-order valence-corrected chi connectivity index (χ4v) is 5.97. The quantitative estimate of drug-likeness (QED) is 0.587. The summed E-state index contributed by atoms with van der Waals surface area (Å²) in [6.45, 7) is 0.406. The molecular formula is C17H17BrN4O5S2. The Hall–Kier alpha value is -2.02. The van der Waals surface area contributed by atoms with Gasteiger partial charge < -0.3 is 9.73 Å². The Balaban J connectivity index is 1.55. The first-order valence-electron chi connectivity index (χ1n) is 8.77. The topological polar surface area (TPSA) is 115 Å². The van der Waals surface area contributed by atoms with Gasteiger partial charge in [-0.05, 0) is 40.9 Å². The largest absolute Gasteiger partial charge is 0.419 e. The number of halogens is 1. The molecule has 0 saturated carbocycles. The number of carbonyl (C=O) groups excluding carboxylic acids is 1. The second-order valence-corrected chi connectivity index (χ2v) is 11.1. The van der Waals surface area contributed by atoms with Crippen molar-refractivity contribution in [3.8, 4) is 0 Å². The van der Waals surface area contributed by atoms with Crippen molar-refractivity contribution < 1.29 is 17.6 Å². The number of piperidine rings is 1. The molecule has 0 spiro atoms. The van der Waals surface area contributed by atoms with Crippen molar-refractivity contribution in [2.45, 2.75) is 17.7 Å². The van der Waals surface area contributed by atoms with Crippen molar-refractivity contribution in [2.24, 2.45) is 13.0 Å². The van der Waals surface area contributed by atoms with E-state index in [1.807, 2.05) is 0 Å². The molecule has 2 aromatic heterocycles. The average molecular weight is 501 g/mol. The SMILES string of the molecule is Cn1c(=O)oc2cc(S(=O)(=O)N3CCCC(C(=O)Nc4ncc(Br)s4)C3)ccc21. The predicted octanol–water partition coefficient (Wildman–Crippen LogP) is 2.39. The summed E-state index contributed by atoms with van der Waals surface area (Å²) in [4.78, 5) is 28.3. The van der Waals surface area contributed by atoms with Gasteiger partial charge in [-0.3, -0.25) is 9.36 Å². The molecule has 3 aromatic rings. The lowest BCUT2D eigenvalue weighted by Crippen LogP contribution is -2.43. The van der Waals surface area contributed by atoms with Gasteiger partial charge in [0.05, 0.1) is 26.3 Å². The van der Waals surface area contributed by atoms with Gasteiger partial charge in [0.15, 0.2) is 10.7 Å². The highest BCUT2D eigenvalue weighted by Crippen LogP contribution is 2.28. The number of oxazole rings is 1. The van der Waals surface area contributed by atoms with Crippen LogP contribution < -0.4 is 11.1 Å². The van der Waals surface area contributed by atoms with Crippen LogP contribution in [0.5, 0.6) is 0 Å². The lowest BCUT2D eigenvalue weighted by molar-refractivity contribution is -0.120. The highest BCUT2D eigenvalue weighted by Gasteiger charge is 2.34. The second kappa shape index (κ2) is 7.67. The molecular weight excluding hydrogens is 484 g/mol. The molecule has 12 heteroatoms. The van der Waals surface area contributed by atoms with E-state index in [4.69, 9.17) is 4.42 Å². The Bertz CT molecular complexity index is 1250. The number of anilines is 1. The normalized spacial score (nSPS) is 18.2. The zero-order chi connectivity index (χ0) is 20.8. The van der Waals surface area contributed by atoms with E-state index in [2.05, 4.69) is 26.2 Å². The monoisotopic (exact) mass is 500 g/mol. The highest BCUT2D eigenvalue weighted by atomic mass is 79.9. The van der Waals surface area contributed by atoms with Crippen LogP contribution in [0.15, 0.2) is 42.3 Å². The molecule has 0 radical (unpaired) electrons. The minimum Gasteiger partial charge on any atom is -0.408 e. The molecule has 1 fully saturated rings. The molecule has 0 aliphatic carbocycles. The number of rotatable bonds is 4. The summed E-state index contributed by atoms with van der Waals surface area (Å²) in [7, 11) is -2.28. The summed E-state index contributed by atoms with van der Waals surface area (Å²) in [6, 6.07) is 4.34. The Morgan fingerprint density at radius 1 is 1.41 bits per heavy atom. The van der Waals surface area contributed by atoms with E-state index < -0.39 is 21.7 Å². The summed E-state index contributed by atoms with van der Waals surface area (Å²) in [5, 5.41) is 3.21. The Kier molecular flexibility index (Phi) is 5.36. The van der Waals surface area contributed by atoms with E-state index in [-0.39, 0.29) is 22.9 Å². The van der Waals surface area contributed by atoms with Gasteiger partial charge in [0.1, 0.15) is 0 Å². The van der Waals surface area contributed by atoms with Crippen molar-refractivity contribution in [3.63, 3.8) is 0 Å². The summed E-state index contributed by atoms with van der Waals surface area (Å²) >= 11 is 4.58. The molecule has 29 heavy (non-hydrogen) atoms. The number of fused-ring (bicyclic) bond motifs is 1. The van der Waals surface area contributed by atoms with E-state index in [0.29, 0.717) is 30.0 Å². The molecule has 0 bridgehead atoms. The van der Waals surface area contributed by atoms with E-state index >= 15 is 0 Å². The summed E-state index contributed by atoms with van der Waals surface area (Å²) in [5.41, 5.74) is 0.721. The molecule has 1 saturated heterocycles. The summed E-state index contributed by atoms with van der Waals surface area (Å²) in [5.74, 6) is -1.28. The van der Waals surface area contributed by atoms with Crippen LogP contribution in [0.4, 0.5) is 5.13 Å². The first kappa shape index (κ1) is 20.3. The third-order valence-corrected chi connectivity index (χ3v) is 8.12. The second-order valence-electron chi connectivity index (χ2n) is 6.72. The fourth-order valence-electron chi connectivity index (χ4n) is 3.32. The number of aromatic nitrogens is 2. The lowest BCUT2D eigenvalue weighted by atomic mass is 9.99. The number of hydrogen-bond acceptors (Lipinski definition) is 7. The predicted molar refractivity (Wildman–Crippen MR) is 111 cm³/mol. The maximum absolute atomic E-state index is 13.1. The third kappa shape index (κ3) is 3.89. The lowest BCUT2D eigenvalue weighted by Gasteiger charge is -2.31. The number of amides is 1. The molecule has 1 atom stereocenters. The van der Waals surface area contributed by atoms with Crippen molar-refractivity contribution in [1.82, 2.24) is 13.9 Å².